The van der Waals surface area contributed by atoms with Crippen LogP contribution in [0.5, 0.6) is 0 Å². The minimum absolute atomic E-state index is 0.0870. The van der Waals surface area contributed by atoms with E-state index in [9.17, 15) is 24.6 Å². The largest absolute Gasteiger partial charge is 0.477 e. The van der Waals surface area contributed by atoms with Crippen molar-refractivity contribution in [3.8, 4) is 0 Å². The topological polar surface area (TPSA) is 107 Å². The molecule has 2 heterocycles. The van der Waals surface area contributed by atoms with Gasteiger partial charge in [-0.05, 0) is 6.92 Å². The molecule has 9 heteroatoms. The summed E-state index contributed by atoms with van der Waals surface area (Å²) in [5, 5.41) is 20.8. The van der Waals surface area contributed by atoms with Gasteiger partial charge in [0.25, 0.3) is 0 Å². The molecule has 0 aliphatic carbocycles. The number of carboxylic acids is 1. The van der Waals surface area contributed by atoms with Crippen LogP contribution in [0.2, 0.25) is 0 Å². The highest BCUT2D eigenvalue weighted by Gasteiger charge is 2.57. The van der Waals surface area contributed by atoms with Gasteiger partial charge in [-0.1, -0.05) is 11.8 Å². The Balaban J connectivity index is 2.17. The molecule has 7 nitrogen and oxygen atoms in total. The molecule has 0 bridgehead atoms. The number of nitrogens with one attached hydrogen (secondary N) is 1. The predicted molar refractivity (Wildman–Crippen MR) is 74.6 cm³/mol. The number of aliphatic carboxylic acids is 1. The first-order chi connectivity index (χ1) is 9.38. The van der Waals surface area contributed by atoms with E-state index in [0.717, 1.165) is 11.8 Å². The lowest BCUT2D eigenvalue weighted by atomic mass is 9.92. The third-order valence-corrected chi connectivity index (χ3v) is 5.74. The van der Waals surface area contributed by atoms with Crippen molar-refractivity contribution in [3.63, 3.8) is 0 Å². The van der Waals surface area contributed by atoms with Crippen LogP contribution in [-0.2, 0) is 14.4 Å². The third-order valence-electron chi connectivity index (χ3n) is 3.08. The molecule has 20 heavy (non-hydrogen) atoms. The zero-order valence-corrected chi connectivity index (χ0v) is 12.5. The Morgan fingerprint density at radius 1 is 1.55 bits per heavy atom. The van der Waals surface area contributed by atoms with Gasteiger partial charge < -0.3 is 15.5 Å². The van der Waals surface area contributed by atoms with E-state index in [1.807, 2.05) is 0 Å². The number of thioether (sulfide) groups is 2. The Labute approximate surface area is 123 Å². The normalized spacial score (nSPS) is 26.1. The van der Waals surface area contributed by atoms with Gasteiger partial charge in [-0.3, -0.25) is 14.5 Å². The molecule has 2 aliphatic rings. The molecule has 0 radical (unpaired) electrons. The van der Waals surface area contributed by atoms with Crippen LogP contribution >= 0.6 is 23.5 Å². The van der Waals surface area contributed by atoms with Crippen LogP contribution < -0.4 is 5.32 Å². The monoisotopic (exact) mass is 318 g/mol. The third kappa shape index (κ3) is 2.40. The first-order valence-electron chi connectivity index (χ1n) is 5.87. The predicted octanol–water partition coefficient (Wildman–Crippen LogP) is -0.369. The maximum atomic E-state index is 11.9. The Bertz CT molecular complexity index is 505. The maximum Gasteiger partial charge on any atom is 0.354 e. The van der Waals surface area contributed by atoms with E-state index in [-0.39, 0.29) is 28.6 Å². The molecule has 0 aromatic carbocycles. The summed E-state index contributed by atoms with van der Waals surface area (Å²) in [4.78, 5) is 35.6. The number of hydrogen-bond acceptors (Lipinski definition) is 6. The second-order valence-corrected chi connectivity index (χ2v) is 6.76. The molecule has 1 fully saturated rings. The van der Waals surface area contributed by atoms with Gasteiger partial charge in [-0.2, -0.15) is 0 Å². The van der Waals surface area contributed by atoms with Crippen molar-refractivity contribution in [3.05, 3.63) is 9.93 Å². The maximum absolute atomic E-state index is 11.9. The highest BCUT2D eigenvalue weighted by atomic mass is 32.2. The standard InChI is InChI=1S/C11H14N2O5S2/c1-4(14)6-8(16)13-7(10(17)18)11(20-9(6)13)19-3-5(15)12-2/h4,6,9,14H,3H2,1-2H3,(H,12,15)(H,17,18)/t4-,6+,9+/m0/s1. The number of aliphatic hydroxyl groups excluding tert-OH is 1. The summed E-state index contributed by atoms with van der Waals surface area (Å²) < 4.78 is 0.433. The second-order valence-electron chi connectivity index (χ2n) is 4.39. The molecular formula is C11H14N2O5S2. The summed E-state index contributed by atoms with van der Waals surface area (Å²) in [6.45, 7) is 1.51. The smallest absolute Gasteiger partial charge is 0.354 e. The summed E-state index contributed by atoms with van der Waals surface area (Å²) in [6.07, 6.45) is -0.824. The van der Waals surface area contributed by atoms with E-state index >= 15 is 0 Å². The number of carbonyl (C=O) groups is 3. The van der Waals surface area contributed by atoms with Gasteiger partial charge in [0.05, 0.1) is 22.0 Å². The highest BCUT2D eigenvalue weighted by molar-refractivity contribution is 8.23. The van der Waals surface area contributed by atoms with E-state index in [4.69, 9.17) is 0 Å². The number of rotatable bonds is 5. The first-order valence-corrected chi connectivity index (χ1v) is 7.73. The molecule has 0 spiro atoms. The minimum Gasteiger partial charge on any atom is -0.477 e. The van der Waals surface area contributed by atoms with Crippen molar-refractivity contribution in [2.45, 2.75) is 18.4 Å². The molecule has 0 aromatic heterocycles. The Hall–Kier alpha value is -1.19. The molecule has 2 rings (SSSR count). The zero-order valence-electron chi connectivity index (χ0n) is 10.8. The summed E-state index contributed by atoms with van der Waals surface area (Å²) in [6, 6.07) is 0. The van der Waals surface area contributed by atoms with Crippen molar-refractivity contribution in [1.29, 1.82) is 0 Å². The van der Waals surface area contributed by atoms with E-state index in [2.05, 4.69) is 5.32 Å². The molecule has 2 aliphatic heterocycles. The zero-order chi connectivity index (χ0) is 15.0. The molecule has 3 N–H and O–H groups in total. The van der Waals surface area contributed by atoms with Gasteiger partial charge in [0, 0.05) is 7.05 Å². The summed E-state index contributed by atoms with van der Waals surface area (Å²) in [5.74, 6) is -2.31. The minimum atomic E-state index is -1.20. The van der Waals surface area contributed by atoms with Crippen LogP contribution in [0.4, 0.5) is 0 Å². The summed E-state index contributed by atoms with van der Waals surface area (Å²) >= 11 is 2.31. The summed E-state index contributed by atoms with van der Waals surface area (Å²) in [5.41, 5.74) is -0.0872. The lowest BCUT2D eigenvalue weighted by Crippen LogP contribution is -2.60. The Kier molecular flexibility index (Phi) is 4.31. The van der Waals surface area contributed by atoms with E-state index in [0.29, 0.717) is 4.24 Å². The van der Waals surface area contributed by atoms with Gasteiger partial charge >= 0.3 is 5.97 Å². The first kappa shape index (κ1) is 15.2. The average molecular weight is 318 g/mol. The van der Waals surface area contributed by atoms with Crippen LogP contribution in [0, 0.1) is 5.92 Å². The molecular weight excluding hydrogens is 304 g/mol. The van der Waals surface area contributed by atoms with Crippen molar-refractivity contribution in [2.24, 2.45) is 5.92 Å². The van der Waals surface area contributed by atoms with E-state index in [1.54, 1.807) is 0 Å². The van der Waals surface area contributed by atoms with Crippen molar-refractivity contribution in [1.82, 2.24) is 10.2 Å². The Morgan fingerprint density at radius 2 is 2.20 bits per heavy atom. The van der Waals surface area contributed by atoms with Crippen molar-refractivity contribution >= 4 is 41.3 Å². The van der Waals surface area contributed by atoms with E-state index in [1.165, 1.54) is 30.6 Å². The fourth-order valence-electron chi connectivity index (χ4n) is 2.05. The number of hydrogen-bond donors (Lipinski definition) is 3. The van der Waals surface area contributed by atoms with E-state index < -0.39 is 18.0 Å². The van der Waals surface area contributed by atoms with Crippen molar-refractivity contribution < 1.29 is 24.6 Å². The molecule has 0 aromatic rings. The fraction of sp³-hybridized carbons (Fsp3) is 0.545. The molecule has 1 saturated heterocycles. The van der Waals surface area contributed by atoms with Crippen LogP contribution in [0.1, 0.15) is 6.92 Å². The number of amides is 2. The SMILES string of the molecule is CNC(=O)CSC1=C(C(=O)O)N2C(=O)[C@@H]([C@H](C)O)[C@H]2S1. The molecule has 0 unspecified atom stereocenters. The lowest BCUT2D eigenvalue weighted by Gasteiger charge is -2.43. The number of β-lactam (4-membered cyclic amide) rings is 1. The molecule has 0 saturated carbocycles. The van der Waals surface area contributed by atoms with Gasteiger partial charge in [0.2, 0.25) is 11.8 Å². The molecule has 2 amide bonds. The highest BCUT2D eigenvalue weighted by Crippen LogP contribution is 2.53. The molecule has 3 atom stereocenters. The Morgan fingerprint density at radius 3 is 2.70 bits per heavy atom. The van der Waals surface area contributed by atoms with Crippen LogP contribution in [0.25, 0.3) is 0 Å². The van der Waals surface area contributed by atoms with Gasteiger partial charge in [0.1, 0.15) is 5.37 Å². The number of carbonyl (C=O) groups excluding carboxylic acids is 2. The lowest BCUT2D eigenvalue weighted by molar-refractivity contribution is -0.156. The average Bonchev–Trinajstić information content (AvgIpc) is 2.69. The van der Waals surface area contributed by atoms with Crippen LogP contribution in [-0.4, -0.2) is 57.2 Å². The number of nitrogens with zero attached hydrogens (tertiary/aromatic N) is 1. The van der Waals surface area contributed by atoms with Crippen LogP contribution in [0.3, 0.4) is 0 Å². The quantitative estimate of drug-likeness (QED) is 0.594. The van der Waals surface area contributed by atoms with Gasteiger partial charge in [-0.25, -0.2) is 4.79 Å². The number of carboxylic acid groups (broad SMARTS) is 1. The summed E-state index contributed by atoms with van der Waals surface area (Å²) in [7, 11) is 1.50. The van der Waals surface area contributed by atoms with Gasteiger partial charge in [-0.15, -0.1) is 11.8 Å². The van der Waals surface area contributed by atoms with Crippen molar-refractivity contribution in [2.75, 3.05) is 12.8 Å². The molecule has 110 valence electrons. The number of fused-ring (bicyclic) bond motifs is 1. The van der Waals surface area contributed by atoms with Crippen LogP contribution in [0.15, 0.2) is 9.93 Å². The fourth-order valence-corrected chi connectivity index (χ4v) is 4.85. The van der Waals surface area contributed by atoms with Gasteiger partial charge in [0.15, 0.2) is 5.70 Å². The second kappa shape index (κ2) is 5.66. The number of aliphatic hydroxyl groups is 1.